The monoisotopic (exact) mass is 297 g/mol. The Morgan fingerprint density at radius 3 is 2.45 bits per heavy atom. The minimum Gasteiger partial charge on any atom is -0.446 e. The van der Waals surface area contributed by atoms with Crippen molar-refractivity contribution < 1.29 is 9.53 Å². The largest absolute Gasteiger partial charge is 0.446 e. The van der Waals surface area contributed by atoms with Gasteiger partial charge in [0.2, 0.25) is 0 Å². The van der Waals surface area contributed by atoms with E-state index in [0.717, 1.165) is 18.4 Å². The van der Waals surface area contributed by atoms with Crippen molar-refractivity contribution in [2.24, 2.45) is 0 Å². The third-order valence-electron chi connectivity index (χ3n) is 3.72. The van der Waals surface area contributed by atoms with Crippen LogP contribution in [-0.4, -0.2) is 12.2 Å². The van der Waals surface area contributed by atoms with Crippen molar-refractivity contribution in [1.29, 1.82) is 0 Å². The molecule has 0 aromatic heterocycles. The van der Waals surface area contributed by atoms with E-state index in [1.165, 1.54) is 11.1 Å². The number of amides is 1. The number of ether oxygens (including phenoxy) is 1. The first-order valence-electron chi connectivity index (χ1n) is 7.72. The molecule has 0 bridgehead atoms. The molecule has 116 valence electrons. The number of aryl methyl sites for hydroxylation is 1. The van der Waals surface area contributed by atoms with Gasteiger partial charge in [-0.1, -0.05) is 61.5 Å². The van der Waals surface area contributed by atoms with E-state index in [1.54, 1.807) is 0 Å². The number of hydrogen-bond acceptors (Lipinski definition) is 2. The molecule has 0 spiro atoms. The number of alkyl carbamates (subject to hydrolysis) is 1. The zero-order valence-electron chi connectivity index (χ0n) is 13.2. The van der Waals surface area contributed by atoms with E-state index in [0.29, 0.717) is 6.54 Å². The minimum atomic E-state index is -0.357. The van der Waals surface area contributed by atoms with Crippen LogP contribution in [-0.2, 0) is 17.7 Å². The lowest BCUT2D eigenvalue weighted by Gasteiger charge is -2.18. The van der Waals surface area contributed by atoms with E-state index in [2.05, 4.69) is 24.4 Å². The second-order valence-corrected chi connectivity index (χ2v) is 5.41. The highest BCUT2D eigenvalue weighted by Gasteiger charge is 2.14. The van der Waals surface area contributed by atoms with Crippen molar-refractivity contribution in [3.05, 3.63) is 71.3 Å². The Balaban J connectivity index is 1.84. The van der Waals surface area contributed by atoms with Gasteiger partial charge in [0.15, 0.2) is 0 Å². The van der Waals surface area contributed by atoms with Gasteiger partial charge in [0.1, 0.15) is 6.10 Å². The fraction of sp³-hybridized carbons (Fsp3) is 0.316. The summed E-state index contributed by atoms with van der Waals surface area (Å²) in [6.45, 7) is 4.60. The Labute approximate surface area is 132 Å². The molecule has 2 rings (SSSR count). The fourth-order valence-corrected chi connectivity index (χ4v) is 2.32. The second-order valence-electron chi connectivity index (χ2n) is 5.41. The standard InChI is InChI=1S/C19H23NO2/c1-3-18(13-17-12-8-7-9-15(17)2)22-19(21)20-14-16-10-5-4-6-11-16/h4-12,18H,3,13-14H2,1-2H3,(H,20,21). The van der Waals surface area contributed by atoms with E-state index >= 15 is 0 Å². The lowest BCUT2D eigenvalue weighted by molar-refractivity contribution is 0.0947. The van der Waals surface area contributed by atoms with E-state index in [4.69, 9.17) is 4.74 Å². The van der Waals surface area contributed by atoms with Crippen molar-refractivity contribution in [3.63, 3.8) is 0 Å². The summed E-state index contributed by atoms with van der Waals surface area (Å²) in [6.07, 6.45) is 1.09. The molecular weight excluding hydrogens is 274 g/mol. The predicted molar refractivity (Wildman–Crippen MR) is 88.7 cm³/mol. The second kappa shape index (κ2) is 8.23. The molecule has 1 unspecified atom stereocenters. The summed E-state index contributed by atoms with van der Waals surface area (Å²) in [6, 6.07) is 18.0. The first kappa shape index (κ1) is 16.1. The van der Waals surface area contributed by atoms with Crippen molar-refractivity contribution in [2.45, 2.75) is 39.3 Å². The van der Waals surface area contributed by atoms with Gasteiger partial charge in [0.05, 0.1) is 0 Å². The summed E-state index contributed by atoms with van der Waals surface area (Å²) in [5.74, 6) is 0. The van der Waals surface area contributed by atoms with E-state index in [1.807, 2.05) is 49.4 Å². The topological polar surface area (TPSA) is 38.3 Å². The number of hydrogen-bond donors (Lipinski definition) is 1. The summed E-state index contributed by atoms with van der Waals surface area (Å²) >= 11 is 0. The van der Waals surface area contributed by atoms with Crippen LogP contribution in [0.5, 0.6) is 0 Å². The quantitative estimate of drug-likeness (QED) is 0.866. The van der Waals surface area contributed by atoms with Crippen LogP contribution >= 0.6 is 0 Å². The van der Waals surface area contributed by atoms with Gasteiger partial charge in [-0.25, -0.2) is 4.79 Å². The normalized spacial score (nSPS) is 11.7. The zero-order valence-corrected chi connectivity index (χ0v) is 13.2. The maximum Gasteiger partial charge on any atom is 0.407 e. The molecule has 0 aliphatic rings. The SMILES string of the molecule is CCC(Cc1ccccc1C)OC(=O)NCc1ccccc1. The molecule has 2 aromatic rings. The predicted octanol–water partition coefficient (Wildman–Crippen LogP) is 4.24. The molecule has 0 radical (unpaired) electrons. The lowest BCUT2D eigenvalue weighted by atomic mass is 10.0. The van der Waals surface area contributed by atoms with E-state index < -0.39 is 0 Å². The average Bonchev–Trinajstić information content (AvgIpc) is 2.55. The van der Waals surface area contributed by atoms with Crippen LogP contribution in [0.25, 0.3) is 0 Å². The van der Waals surface area contributed by atoms with E-state index in [9.17, 15) is 4.79 Å². The maximum absolute atomic E-state index is 11.9. The molecule has 1 amide bonds. The number of rotatable bonds is 6. The molecule has 0 aliphatic heterocycles. The molecule has 1 atom stereocenters. The van der Waals surface area contributed by atoms with Crippen molar-refractivity contribution in [3.8, 4) is 0 Å². The van der Waals surface area contributed by atoms with Gasteiger partial charge in [-0.15, -0.1) is 0 Å². The average molecular weight is 297 g/mol. The highest BCUT2D eigenvalue weighted by atomic mass is 16.6. The molecule has 3 heteroatoms. The van der Waals surface area contributed by atoms with Crippen LogP contribution in [0.3, 0.4) is 0 Å². The molecule has 22 heavy (non-hydrogen) atoms. The van der Waals surface area contributed by atoms with Gasteiger partial charge in [-0.3, -0.25) is 0 Å². The van der Waals surface area contributed by atoms with Crippen LogP contribution in [0.4, 0.5) is 4.79 Å². The molecule has 0 heterocycles. The van der Waals surface area contributed by atoms with Gasteiger partial charge in [-0.05, 0) is 30.0 Å². The first-order valence-corrected chi connectivity index (χ1v) is 7.72. The highest BCUT2D eigenvalue weighted by Crippen LogP contribution is 2.13. The molecular formula is C19H23NO2. The summed E-state index contributed by atoms with van der Waals surface area (Å²) in [5.41, 5.74) is 3.52. The Morgan fingerprint density at radius 1 is 1.09 bits per heavy atom. The Hall–Kier alpha value is -2.29. The lowest BCUT2D eigenvalue weighted by Crippen LogP contribution is -2.29. The fourth-order valence-electron chi connectivity index (χ4n) is 2.32. The van der Waals surface area contributed by atoms with Gasteiger partial charge in [0, 0.05) is 13.0 Å². The number of nitrogens with one attached hydrogen (secondary N) is 1. The number of carbonyl (C=O) groups excluding carboxylic acids is 1. The van der Waals surface area contributed by atoms with Crippen LogP contribution in [0.15, 0.2) is 54.6 Å². The molecule has 3 nitrogen and oxygen atoms in total. The summed E-state index contributed by atoms with van der Waals surface area (Å²) in [5, 5.41) is 2.80. The molecule has 0 saturated heterocycles. The summed E-state index contributed by atoms with van der Waals surface area (Å²) < 4.78 is 5.53. The molecule has 0 aliphatic carbocycles. The molecule has 2 aromatic carbocycles. The van der Waals surface area contributed by atoms with Crippen molar-refractivity contribution in [2.75, 3.05) is 0 Å². The van der Waals surface area contributed by atoms with E-state index in [-0.39, 0.29) is 12.2 Å². The van der Waals surface area contributed by atoms with Crippen LogP contribution in [0.1, 0.15) is 30.0 Å². The summed E-state index contributed by atoms with van der Waals surface area (Å²) in [4.78, 5) is 11.9. The van der Waals surface area contributed by atoms with Crippen molar-refractivity contribution in [1.82, 2.24) is 5.32 Å². The molecule has 0 fully saturated rings. The Kier molecular flexibility index (Phi) is 6.01. The van der Waals surface area contributed by atoms with Gasteiger partial charge >= 0.3 is 6.09 Å². The van der Waals surface area contributed by atoms with Gasteiger partial charge in [-0.2, -0.15) is 0 Å². The first-order chi connectivity index (χ1) is 10.7. The van der Waals surface area contributed by atoms with Gasteiger partial charge in [0.25, 0.3) is 0 Å². The minimum absolute atomic E-state index is 0.100. The van der Waals surface area contributed by atoms with Crippen LogP contribution in [0.2, 0.25) is 0 Å². The smallest absolute Gasteiger partial charge is 0.407 e. The third-order valence-corrected chi connectivity index (χ3v) is 3.72. The summed E-state index contributed by atoms with van der Waals surface area (Å²) in [7, 11) is 0. The van der Waals surface area contributed by atoms with Crippen LogP contribution < -0.4 is 5.32 Å². The zero-order chi connectivity index (χ0) is 15.8. The number of benzene rings is 2. The Morgan fingerprint density at radius 2 is 1.77 bits per heavy atom. The third kappa shape index (κ3) is 4.92. The number of carbonyl (C=O) groups is 1. The molecule has 1 N–H and O–H groups in total. The van der Waals surface area contributed by atoms with Crippen LogP contribution in [0, 0.1) is 6.92 Å². The molecule has 0 saturated carbocycles. The van der Waals surface area contributed by atoms with Gasteiger partial charge < -0.3 is 10.1 Å². The maximum atomic E-state index is 11.9. The van der Waals surface area contributed by atoms with Crippen molar-refractivity contribution >= 4 is 6.09 Å². The highest BCUT2D eigenvalue weighted by molar-refractivity contribution is 5.67. The Bertz CT molecular complexity index is 595.